The summed E-state index contributed by atoms with van der Waals surface area (Å²) in [5.74, 6) is 0. The monoisotopic (exact) mass is 99.1 g/mol. The molecule has 0 aliphatic heterocycles. The average Bonchev–Trinajstić information content (AvgIpc) is 1.41. The van der Waals surface area contributed by atoms with Crippen molar-refractivity contribution in [3.63, 3.8) is 0 Å². The number of rotatable bonds is 2. The number of hydrogen-bond donors (Lipinski definition) is 2. The second-order valence-electron chi connectivity index (χ2n) is 0.762. The summed E-state index contributed by atoms with van der Waals surface area (Å²) in [5, 5.41) is 10.6. The average molecular weight is 99.1 g/mol. The Hall–Kier alpha value is 0.920. The molecule has 0 spiro atoms. The van der Waals surface area contributed by atoms with Crippen molar-refractivity contribution in [3.05, 3.63) is 0 Å². The second-order valence-corrected chi connectivity index (χ2v) is 0.762. The Kier molecular flexibility index (Phi) is 15.6. The first-order chi connectivity index (χ1) is 2.41. The molecule has 0 heterocycles. The number of aliphatic hydroxyl groups excluding tert-OH is 1. The maximum Gasteiger partial charge on any atom is 1.00 e. The molecule has 0 fully saturated rings. The van der Waals surface area contributed by atoms with Gasteiger partial charge in [-0.25, -0.2) is 0 Å². The van der Waals surface area contributed by atoms with Gasteiger partial charge in [-0.15, -0.1) is 0 Å². The van der Waals surface area contributed by atoms with Gasteiger partial charge in [0.2, 0.25) is 0 Å². The van der Waals surface area contributed by atoms with Crippen molar-refractivity contribution in [2.75, 3.05) is 13.3 Å². The van der Waals surface area contributed by atoms with Crippen LogP contribution in [0.5, 0.6) is 0 Å². The van der Waals surface area contributed by atoms with Crippen molar-refractivity contribution in [2.24, 2.45) is 0 Å². The summed E-state index contributed by atoms with van der Waals surface area (Å²) < 4.78 is 0. The molecular weight excluding hydrogens is 89.0 g/mol. The third-order valence-electron chi connectivity index (χ3n) is 0.362. The number of hydrogen-bond acceptors (Lipinski definition) is 2. The summed E-state index contributed by atoms with van der Waals surface area (Å²) in [5.41, 5.74) is 0. The molecule has 3 heteroatoms. The van der Waals surface area contributed by atoms with E-state index in [2.05, 4.69) is 5.32 Å². The molecule has 0 aromatic rings. The molecule has 0 aromatic carbocycles. The molecule has 0 atom stereocenters. The van der Waals surface area contributed by atoms with Gasteiger partial charge in [0.1, 0.15) is 0 Å². The van der Waals surface area contributed by atoms with Gasteiger partial charge in [0.15, 0.2) is 0 Å². The molecule has 0 saturated heterocycles. The van der Waals surface area contributed by atoms with Crippen LogP contribution in [0, 0.1) is 0 Å². The van der Waals surface area contributed by atoms with Crippen molar-refractivity contribution < 1.29 is 36.1 Å². The second kappa shape index (κ2) is 9.33. The minimum atomic E-state index is 0. The predicted octanol–water partition coefficient (Wildman–Crippen LogP) is -3.34. The van der Waals surface area contributed by atoms with Gasteiger partial charge in [-0.3, -0.25) is 5.32 Å². The third-order valence-corrected chi connectivity index (χ3v) is 0.362. The summed E-state index contributed by atoms with van der Waals surface area (Å²) in [4.78, 5) is 0. The minimum absolute atomic E-state index is 0. The van der Waals surface area contributed by atoms with Gasteiger partial charge in [-0.1, -0.05) is 6.92 Å². The molecule has 0 radical (unpaired) electrons. The van der Waals surface area contributed by atoms with Gasteiger partial charge >= 0.3 is 29.6 Å². The van der Waals surface area contributed by atoms with Crippen LogP contribution in [0.4, 0.5) is 0 Å². The normalized spacial score (nSPS) is 7.00. The summed E-state index contributed by atoms with van der Waals surface area (Å²) in [6.07, 6.45) is 0. The van der Waals surface area contributed by atoms with E-state index in [0.717, 1.165) is 6.54 Å². The first-order valence-corrected chi connectivity index (χ1v) is 1.73. The van der Waals surface area contributed by atoms with Gasteiger partial charge in [0.25, 0.3) is 0 Å². The smallest absolute Gasteiger partial charge is 1.00 e. The van der Waals surface area contributed by atoms with Crippen LogP contribution in [0.2, 0.25) is 0 Å². The number of nitrogens with one attached hydrogen (secondary N) is 1. The first kappa shape index (κ1) is 10.0. The van der Waals surface area contributed by atoms with Crippen LogP contribution in [-0.2, 0) is 0 Å². The molecule has 0 aliphatic carbocycles. The Morgan fingerprint density at radius 1 is 1.83 bits per heavy atom. The molecule has 2 nitrogen and oxygen atoms in total. The van der Waals surface area contributed by atoms with E-state index in [9.17, 15) is 0 Å². The molecule has 0 aliphatic rings. The van der Waals surface area contributed by atoms with Crippen LogP contribution in [0.25, 0.3) is 0 Å². The standard InChI is InChI=1S/C3H9NO.Na.H/c1-2-4-3-5;;/h4-5H,2-3H2,1H3;;/q;+1;-1. The molecule has 0 bridgehead atoms. The Morgan fingerprint density at radius 3 is 2.33 bits per heavy atom. The zero-order chi connectivity index (χ0) is 4.12. The first-order valence-electron chi connectivity index (χ1n) is 1.73. The van der Waals surface area contributed by atoms with Gasteiger partial charge in [0, 0.05) is 0 Å². The summed E-state index contributed by atoms with van der Waals surface area (Å²) in [7, 11) is 0. The molecule has 2 N–H and O–H groups in total. The fourth-order valence-corrected chi connectivity index (χ4v) is 0.112. The Morgan fingerprint density at radius 2 is 2.33 bits per heavy atom. The Labute approximate surface area is 61.7 Å². The van der Waals surface area contributed by atoms with E-state index in [0.29, 0.717) is 0 Å². The predicted molar refractivity (Wildman–Crippen MR) is 21.9 cm³/mol. The molecule has 34 valence electrons. The summed E-state index contributed by atoms with van der Waals surface area (Å²) >= 11 is 0. The van der Waals surface area contributed by atoms with Crippen molar-refractivity contribution >= 4 is 0 Å². The maximum absolute atomic E-state index is 7.96. The van der Waals surface area contributed by atoms with Crippen molar-refractivity contribution in [1.82, 2.24) is 5.32 Å². The van der Waals surface area contributed by atoms with E-state index >= 15 is 0 Å². The zero-order valence-corrected chi connectivity index (χ0v) is 6.36. The fraction of sp³-hybridized carbons (Fsp3) is 1.00. The topological polar surface area (TPSA) is 32.3 Å². The van der Waals surface area contributed by atoms with Gasteiger partial charge in [0.05, 0.1) is 6.73 Å². The molecule has 0 unspecified atom stereocenters. The van der Waals surface area contributed by atoms with E-state index < -0.39 is 0 Å². The third kappa shape index (κ3) is 8.87. The maximum atomic E-state index is 7.96. The summed E-state index contributed by atoms with van der Waals surface area (Å²) in [6, 6.07) is 0. The Balaban J connectivity index is -0.0000000800. The van der Waals surface area contributed by atoms with Crippen LogP contribution >= 0.6 is 0 Å². The molecule has 6 heavy (non-hydrogen) atoms. The van der Waals surface area contributed by atoms with Crippen LogP contribution in [0.1, 0.15) is 8.35 Å². The van der Waals surface area contributed by atoms with Crippen LogP contribution in [0.15, 0.2) is 0 Å². The largest absolute Gasteiger partial charge is 1.00 e. The van der Waals surface area contributed by atoms with Gasteiger partial charge in [-0.2, -0.15) is 0 Å². The zero-order valence-electron chi connectivity index (χ0n) is 5.36. The van der Waals surface area contributed by atoms with E-state index in [1.165, 1.54) is 0 Å². The molecule has 0 amide bonds. The molecule has 0 saturated carbocycles. The van der Waals surface area contributed by atoms with E-state index in [1.807, 2.05) is 6.92 Å². The van der Waals surface area contributed by atoms with Crippen molar-refractivity contribution in [1.29, 1.82) is 0 Å². The Bertz CT molecular complexity index is 22.4. The fourth-order valence-electron chi connectivity index (χ4n) is 0.112. The number of aliphatic hydroxyl groups is 1. The van der Waals surface area contributed by atoms with Gasteiger partial charge in [-0.05, 0) is 6.54 Å². The summed E-state index contributed by atoms with van der Waals surface area (Å²) in [6.45, 7) is 2.88. The molecular formula is C3H10NNaO. The van der Waals surface area contributed by atoms with E-state index in [-0.39, 0.29) is 37.7 Å². The van der Waals surface area contributed by atoms with Crippen LogP contribution in [-0.4, -0.2) is 18.4 Å². The SMILES string of the molecule is CCNCO.[H-].[Na+]. The minimum Gasteiger partial charge on any atom is -1.00 e. The van der Waals surface area contributed by atoms with Crippen LogP contribution < -0.4 is 34.9 Å². The van der Waals surface area contributed by atoms with E-state index in [4.69, 9.17) is 5.11 Å². The van der Waals surface area contributed by atoms with Crippen molar-refractivity contribution in [3.8, 4) is 0 Å². The van der Waals surface area contributed by atoms with Gasteiger partial charge < -0.3 is 6.53 Å². The van der Waals surface area contributed by atoms with Crippen molar-refractivity contribution in [2.45, 2.75) is 6.92 Å². The molecule has 0 aromatic heterocycles. The quantitative estimate of drug-likeness (QED) is 0.280. The van der Waals surface area contributed by atoms with Crippen LogP contribution in [0.3, 0.4) is 0 Å². The van der Waals surface area contributed by atoms with E-state index in [1.54, 1.807) is 0 Å². The molecule has 0 rings (SSSR count).